The summed E-state index contributed by atoms with van der Waals surface area (Å²) in [5.74, 6) is 0. The topological polar surface area (TPSA) is 58.7 Å². The minimum absolute atomic E-state index is 0. The van der Waals surface area contributed by atoms with Gasteiger partial charge in [-0.1, -0.05) is 18.2 Å². The molecule has 0 aliphatic rings. The number of rotatable bonds is 1. The first-order valence-corrected chi connectivity index (χ1v) is 6.06. The molecule has 5 heteroatoms. The molecule has 13 heavy (non-hydrogen) atoms. The predicted octanol–water partition coefficient (Wildman–Crippen LogP) is 2.65. The maximum absolute atomic E-state index is 6.75. The molecule has 0 fully saturated rings. The van der Waals surface area contributed by atoms with Gasteiger partial charge in [-0.15, -0.1) is 0 Å². The molecule has 0 bridgehead atoms. The summed E-state index contributed by atoms with van der Waals surface area (Å²) in [6, 6.07) is 10.7. The second-order valence-electron chi connectivity index (χ2n) is 2.46. The van der Waals surface area contributed by atoms with Crippen LogP contribution >= 0.6 is 7.92 Å². The van der Waals surface area contributed by atoms with Crippen LogP contribution in [0.25, 0.3) is 16.0 Å². The van der Waals surface area contributed by atoms with E-state index in [1.54, 1.807) is 0 Å². The predicted molar refractivity (Wildman–Crippen MR) is 56.3 cm³/mol. The van der Waals surface area contributed by atoms with Crippen LogP contribution in [0, 0.1) is 0 Å². The molecule has 0 aliphatic heterocycles. The molecule has 0 atom stereocenters. The Morgan fingerprint density at radius 2 is 1.46 bits per heavy atom. The Labute approximate surface area is 95.2 Å². The molecule has 0 aliphatic carbocycles. The molecule has 0 aromatic heterocycles. The minimum Gasteiger partial charge on any atom is -0.373 e. The van der Waals surface area contributed by atoms with Crippen LogP contribution in [0.3, 0.4) is 0 Å². The van der Waals surface area contributed by atoms with E-state index in [-0.39, 0.29) is 30.3 Å². The molecule has 1 aromatic rings. The fourth-order valence-corrected chi connectivity index (χ4v) is 1.63. The van der Waals surface area contributed by atoms with E-state index in [1.165, 1.54) is 10.2 Å². The molecule has 0 saturated heterocycles. The number of hydrogen-bond acceptors (Lipinski definition) is 0. The third-order valence-electron chi connectivity index (χ3n) is 1.35. The average molecular weight is 378 g/mol. The third kappa shape index (κ3) is 8.04. The quantitative estimate of drug-likeness (QED) is 0.237. The summed E-state index contributed by atoms with van der Waals surface area (Å²) >= 11 is 0. The van der Waals surface area contributed by atoms with Crippen molar-refractivity contribution in [3.63, 3.8) is 0 Å². The van der Waals surface area contributed by atoms with E-state index in [2.05, 4.69) is 43.7 Å². The monoisotopic (exact) mass is 378 g/mol. The van der Waals surface area contributed by atoms with Gasteiger partial charge >= 0.3 is 22.4 Å². The van der Waals surface area contributed by atoms with Crippen LogP contribution in [0.2, 0.25) is 0 Å². The van der Waals surface area contributed by atoms with Gasteiger partial charge in [-0.3, -0.25) is 4.91 Å². The van der Waals surface area contributed by atoms with Crippen LogP contribution in [-0.2, 0) is 22.4 Å². The van der Waals surface area contributed by atoms with Crippen molar-refractivity contribution in [2.45, 2.75) is 0 Å². The van der Waals surface area contributed by atoms with Gasteiger partial charge in [0.1, 0.15) is 0 Å². The second kappa shape index (κ2) is 9.79. The van der Waals surface area contributed by atoms with Gasteiger partial charge in [0.15, 0.2) is 0 Å². The van der Waals surface area contributed by atoms with Crippen LogP contribution in [0.1, 0.15) is 0 Å². The van der Waals surface area contributed by atoms with Crippen molar-refractivity contribution < 1.29 is 22.4 Å². The molecule has 74 valence electrons. The van der Waals surface area contributed by atoms with Gasteiger partial charge in [-0.25, -0.2) is 0 Å². The molecular weight excluding hydrogens is 366 g/mol. The Morgan fingerprint density at radius 1 is 1.08 bits per heavy atom. The normalized spacial score (nSPS) is 7.62. The summed E-state index contributed by atoms with van der Waals surface area (Å²) in [6.45, 7) is 4.61. The molecule has 0 saturated carbocycles. The zero-order valence-corrected chi connectivity index (χ0v) is 10.7. The van der Waals surface area contributed by atoms with Crippen molar-refractivity contribution >= 4 is 13.2 Å². The third-order valence-corrected chi connectivity index (χ3v) is 2.84. The standard InChI is InChI=1S/C8H11P.Au.N3/c1-9(2)8-6-4-3-5-7-8;;1-3-2/h3-7H,1-2H3;;/q;+1;-1/p+1. The Kier molecular flexibility index (Phi) is 11.4. The van der Waals surface area contributed by atoms with Crippen LogP contribution in [0.5, 0.6) is 0 Å². The van der Waals surface area contributed by atoms with Gasteiger partial charge in [-0.2, -0.15) is 0 Å². The van der Waals surface area contributed by atoms with Crippen LogP contribution in [0.15, 0.2) is 30.3 Å². The molecule has 1 rings (SSSR count). The van der Waals surface area contributed by atoms with Gasteiger partial charge < -0.3 is 11.1 Å². The molecular formula is C8H12AuN3P+. The maximum atomic E-state index is 6.75. The molecule has 0 N–H and O–H groups in total. The van der Waals surface area contributed by atoms with Crippen molar-refractivity contribution in [3.8, 4) is 0 Å². The van der Waals surface area contributed by atoms with E-state index in [0.717, 1.165) is 0 Å². The molecule has 0 unspecified atom stereocenters. The molecule has 0 heterocycles. The van der Waals surface area contributed by atoms with Crippen LogP contribution < -0.4 is 5.30 Å². The Hall–Kier alpha value is -0.300. The van der Waals surface area contributed by atoms with Crippen molar-refractivity contribution in [1.29, 1.82) is 0 Å². The van der Waals surface area contributed by atoms with E-state index < -0.39 is 0 Å². The van der Waals surface area contributed by atoms with E-state index in [9.17, 15) is 0 Å². The summed E-state index contributed by atoms with van der Waals surface area (Å²) in [4.78, 5) is 1.50. The van der Waals surface area contributed by atoms with Crippen molar-refractivity contribution in [2.24, 2.45) is 0 Å². The second-order valence-corrected chi connectivity index (χ2v) is 5.03. The molecule has 0 amide bonds. The fourth-order valence-electron chi connectivity index (χ4n) is 0.771. The largest absolute Gasteiger partial charge is 1.00 e. The Morgan fingerprint density at radius 3 is 1.69 bits per heavy atom. The number of hydrogen-bond donors (Lipinski definition) is 0. The Bertz CT molecular complexity index is 245. The SMILES string of the molecule is C[PH+](C)c1ccccc1.[Au+].[N-]=[N+]=[N-]. The van der Waals surface area contributed by atoms with Gasteiger partial charge in [-0.05, 0) is 12.1 Å². The van der Waals surface area contributed by atoms with Crippen LogP contribution in [0.4, 0.5) is 0 Å². The van der Waals surface area contributed by atoms with Gasteiger partial charge in [0.2, 0.25) is 0 Å². The zero-order chi connectivity index (χ0) is 9.40. The smallest absolute Gasteiger partial charge is 0.373 e. The van der Waals surface area contributed by atoms with Gasteiger partial charge in [0.25, 0.3) is 0 Å². The summed E-state index contributed by atoms with van der Waals surface area (Å²) in [7, 11) is -0.212. The molecule has 0 spiro atoms. The van der Waals surface area contributed by atoms with E-state index in [4.69, 9.17) is 11.1 Å². The average Bonchev–Trinajstić information content (AvgIpc) is 2.07. The summed E-state index contributed by atoms with van der Waals surface area (Å²) in [6.07, 6.45) is 0. The fraction of sp³-hybridized carbons (Fsp3) is 0.250. The minimum atomic E-state index is -0.212. The molecule has 3 nitrogen and oxygen atoms in total. The first-order chi connectivity index (χ1) is 5.72. The summed E-state index contributed by atoms with van der Waals surface area (Å²) in [5.41, 5.74) is 13.5. The van der Waals surface area contributed by atoms with E-state index in [0.29, 0.717) is 0 Å². The van der Waals surface area contributed by atoms with E-state index in [1.807, 2.05) is 0 Å². The summed E-state index contributed by atoms with van der Waals surface area (Å²) < 4.78 is 0. The van der Waals surface area contributed by atoms with Crippen molar-refractivity contribution in [1.82, 2.24) is 0 Å². The Balaban J connectivity index is 0. The summed E-state index contributed by atoms with van der Waals surface area (Å²) in [5, 5.41) is 1.52. The first-order valence-electron chi connectivity index (χ1n) is 3.56. The molecule has 1 aromatic carbocycles. The number of benzene rings is 1. The van der Waals surface area contributed by atoms with Gasteiger partial charge in [0.05, 0.1) is 18.6 Å². The van der Waals surface area contributed by atoms with Crippen molar-refractivity contribution in [3.05, 3.63) is 46.3 Å². The first kappa shape index (κ1) is 15.2. The van der Waals surface area contributed by atoms with Crippen LogP contribution in [-0.4, -0.2) is 13.3 Å². The van der Waals surface area contributed by atoms with Gasteiger partial charge in [0, 0.05) is 7.92 Å². The molecule has 0 radical (unpaired) electrons. The maximum Gasteiger partial charge on any atom is 1.00 e. The zero-order valence-electron chi connectivity index (χ0n) is 7.53. The van der Waals surface area contributed by atoms with E-state index >= 15 is 0 Å². The van der Waals surface area contributed by atoms with Crippen molar-refractivity contribution in [2.75, 3.05) is 13.3 Å². The number of nitrogens with zero attached hydrogens (tertiary/aromatic N) is 3.